The van der Waals surface area contributed by atoms with Crippen molar-refractivity contribution >= 4 is 5.97 Å². The van der Waals surface area contributed by atoms with Gasteiger partial charge in [0.15, 0.2) is 0 Å². The van der Waals surface area contributed by atoms with Gasteiger partial charge in [-0.2, -0.15) is 0 Å². The van der Waals surface area contributed by atoms with Gasteiger partial charge in [0, 0.05) is 7.11 Å². The monoisotopic (exact) mass is 172 g/mol. The first kappa shape index (κ1) is 9.52. The highest BCUT2D eigenvalue weighted by Crippen LogP contribution is 2.36. The molecule has 1 fully saturated rings. The molecule has 0 spiro atoms. The minimum Gasteiger partial charge on any atom is -0.481 e. The van der Waals surface area contributed by atoms with Crippen LogP contribution in [0, 0.1) is 5.41 Å². The van der Waals surface area contributed by atoms with Gasteiger partial charge in [0.05, 0.1) is 11.5 Å². The molecule has 0 unspecified atom stereocenters. The van der Waals surface area contributed by atoms with Gasteiger partial charge in [0.2, 0.25) is 0 Å². The lowest BCUT2D eigenvalue weighted by Crippen LogP contribution is -2.36. The van der Waals surface area contributed by atoms with Crippen LogP contribution in [0.1, 0.15) is 32.6 Å². The summed E-state index contributed by atoms with van der Waals surface area (Å²) in [5, 5.41) is 8.96. The summed E-state index contributed by atoms with van der Waals surface area (Å²) in [5.74, 6) is -0.691. The third kappa shape index (κ3) is 1.78. The Morgan fingerprint density at radius 2 is 2.33 bits per heavy atom. The number of rotatable bonds is 2. The minimum absolute atomic E-state index is 0.139. The van der Waals surface area contributed by atoms with Gasteiger partial charge < -0.3 is 9.84 Å². The Bertz CT molecular complexity index is 179. The quantitative estimate of drug-likeness (QED) is 0.689. The first-order valence-corrected chi connectivity index (χ1v) is 4.35. The predicted molar refractivity (Wildman–Crippen MR) is 45.0 cm³/mol. The Morgan fingerprint density at radius 1 is 1.67 bits per heavy atom. The van der Waals surface area contributed by atoms with Crippen LogP contribution < -0.4 is 0 Å². The van der Waals surface area contributed by atoms with Crippen LogP contribution in [0.5, 0.6) is 0 Å². The van der Waals surface area contributed by atoms with Crippen molar-refractivity contribution in [1.82, 2.24) is 0 Å². The van der Waals surface area contributed by atoms with Crippen LogP contribution in [0.4, 0.5) is 0 Å². The van der Waals surface area contributed by atoms with Crippen LogP contribution in [0.3, 0.4) is 0 Å². The van der Waals surface area contributed by atoms with Crippen LogP contribution >= 0.6 is 0 Å². The SMILES string of the molecule is CO[C@H]1CCC[C@](C)(C(=O)O)C1. The third-order valence-corrected chi connectivity index (χ3v) is 2.78. The molecule has 0 aromatic carbocycles. The molecule has 70 valence electrons. The second kappa shape index (κ2) is 3.44. The maximum atomic E-state index is 10.9. The molecule has 1 aliphatic rings. The number of hydrogen-bond acceptors (Lipinski definition) is 2. The first-order chi connectivity index (χ1) is 5.58. The molecule has 1 aliphatic carbocycles. The fraction of sp³-hybridized carbons (Fsp3) is 0.889. The molecule has 1 rings (SSSR count). The van der Waals surface area contributed by atoms with Gasteiger partial charge in [-0.05, 0) is 32.6 Å². The first-order valence-electron chi connectivity index (χ1n) is 4.35. The van der Waals surface area contributed by atoms with E-state index in [4.69, 9.17) is 9.84 Å². The van der Waals surface area contributed by atoms with Crippen molar-refractivity contribution in [2.24, 2.45) is 5.41 Å². The fourth-order valence-corrected chi connectivity index (χ4v) is 1.82. The van der Waals surface area contributed by atoms with E-state index in [0.29, 0.717) is 6.42 Å². The van der Waals surface area contributed by atoms with Crippen molar-refractivity contribution < 1.29 is 14.6 Å². The van der Waals surface area contributed by atoms with E-state index in [-0.39, 0.29) is 6.10 Å². The molecule has 0 heterocycles. The van der Waals surface area contributed by atoms with Crippen LogP contribution in [-0.2, 0) is 9.53 Å². The lowest BCUT2D eigenvalue weighted by molar-refractivity contribution is -0.152. The highest BCUT2D eigenvalue weighted by molar-refractivity contribution is 5.74. The summed E-state index contributed by atoms with van der Waals surface area (Å²) in [4.78, 5) is 10.9. The zero-order valence-electron chi connectivity index (χ0n) is 7.67. The molecule has 1 saturated carbocycles. The van der Waals surface area contributed by atoms with Crippen LogP contribution in [-0.4, -0.2) is 24.3 Å². The predicted octanol–water partition coefficient (Wildman–Crippen LogP) is 1.67. The molecule has 2 atom stereocenters. The summed E-state index contributed by atoms with van der Waals surface area (Å²) >= 11 is 0. The Morgan fingerprint density at radius 3 is 2.83 bits per heavy atom. The standard InChI is InChI=1S/C9H16O3/c1-9(8(10)11)5-3-4-7(6-9)12-2/h7H,3-6H2,1-2H3,(H,10,11)/t7-,9-/m0/s1. The van der Waals surface area contributed by atoms with Gasteiger partial charge in [0.25, 0.3) is 0 Å². The number of ether oxygens (including phenoxy) is 1. The van der Waals surface area contributed by atoms with Crippen molar-refractivity contribution in [3.05, 3.63) is 0 Å². The molecule has 3 nitrogen and oxygen atoms in total. The topological polar surface area (TPSA) is 46.5 Å². The molecular formula is C9H16O3. The molecule has 0 aliphatic heterocycles. The van der Waals surface area contributed by atoms with Crippen molar-refractivity contribution in [1.29, 1.82) is 0 Å². The average Bonchev–Trinajstić information content (AvgIpc) is 2.04. The van der Waals surface area contributed by atoms with E-state index >= 15 is 0 Å². The van der Waals surface area contributed by atoms with Gasteiger partial charge in [-0.1, -0.05) is 0 Å². The van der Waals surface area contributed by atoms with E-state index in [2.05, 4.69) is 0 Å². The fourth-order valence-electron chi connectivity index (χ4n) is 1.82. The largest absolute Gasteiger partial charge is 0.481 e. The maximum absolute atomic E-state index is 10.9. The summed E-state index contributed by atoms with van der Waals surface area (Å²) in [6.07, 6.45) is 3.53. The van der Waals surface area contributed by atoms with E-state index in [1.165, 1.54) is 0 Å². The number of methoxy groups -OCH3 is 1. The molecule has 0 bridgehead atoms. The molecule has 3 heteroatoms. The molecule has 12 heavy (non-hydrogen) atoms. The number of carboxylic acid groups (broad SMARTS) is 1. The highest BCUT2D eigenvalue weighted by Gasteiger charge is 2.38. The Kier molecular flexibility index (Phi) is 2.73. The second-order valence-electron chi connectivity index (χ2n) is 3.82. The maximum Gasteiger partial charge on any atom is 0.309 e. The lowest BCUT2D eigenvalue weighted by atomic mass is 9.74. The summed E-state index contributed by atoms with van der Waals surface area (Å²) in [6.45, 7) is 1.81. The van der Waals surface area contributed by atoms with Crippen molar-refractivity contribution in [2.45, 2.75) is 38.7 Å². The van der Waals surface area contributed by atoms with E-state index in [0.717, 1.165) is 19.3 Å². The van der Waals surface area contributed by atoms with Gasteiger partial charge in [-0.25, -0.2) is 0 Å². The number of carbonyl (C=O) groups is 1. The zero-order valence-corrected chi connectivity index (χ0v) is 7.67. The van der Waals surface area contributed by atoms with Crippen LogP contribution in [0.25, 0.3) is 0 Å². The summed E-state index contributed by atoms with van der Waals surface area (Å²) < 4.78 is 5.17. The third-order valence-electron chi connectivity index (χ3n) is 2.78. The zero-order chi connectivity index (χ0) is 9.19. The molecule has 0 radical (unpaired) electrons. The van der Waals surface area contributed by atoms with Gasteiger partial charge >= 0.3 is 5.97 Å². The summed E-state index contributed by atoms with van der Waals surface area (Å²) in [7, 11) is 1.65. The average molecular weight is 172 g/mol. The highest BCUT2D eigenvalue weighted by atomic mass is 16.5. The molecule has 0 saturated heterocycles. The molecule has 0 aromatic heterocycles. The number of carboxylic acids is 1. The lowest BCUT2D eigenvalue weighted by Gasteiger charge is -2.33. The van der Waals surface area contributed by atoms with Crippen LogP contribution in [0.15, 0.2) is 0 Å². The van der Waals surface area contributed by atoms with Crippen molar-refractivity contribution in [2.75, 3.05) is 7.11 Å². The normalized spacial score (nSPS) is 36.3. The summed E-state index contributed by atoms with van der Waals surface area (Å²) in [6, 6.07) is 0. The molecule has 0 aromatic rings. The Labute approximate surface area is 72.7 Å². The second-order valence-corrected chi connectivity index (χ2v) is 3.82. The molecular weight excluding hydrogens is 156 g/mol. The Hall–Kier alpha value is -0.570. The molecule has 0 amide bonds. The number of aliphatic carboxylic acids is 1. The van der Waals surface area contributed by atoms with E-state index in [9.17, 15) is 4.79 Å². The Balaban J connectivity index is 2.61. The van der Waals surface area contributed by atoms with E-state index in [1.54, 1.807) is 14.0 Å². The van der Waals surface area contributed by atoms with Gasteiger partial charge in [-0.3, -0.25) is 4.79 Å². The minimum atomic E-state index is -0.691. The van der Waals surface area contributed by atoms with Crippen LogP contribution in [0.2, 0.25) is 0 Å². The smallest absolute Gasteiger partial charge is 0.309 e. The van der Waals surface area contributed by atoms with E-state index in [1.807, 2.05) is 0 Å². The van der Waals surface area contributed by atoms with E-state index < -0.39 is 11.4 Å². The van der Waals surface area contributed by atoms with Gasteiger partial charge in [-0.15, -0.1) is 0 Å². The van der Waals surface area contributed by atoms with Crippen molar-refractivity contribution in [3.8, 4) is 0 Å². The van der Waals surface area contributed by atoms with Gasteiger partial charge in [0.1, 0.15) is 0 Å². The molecule has 1 N–H and O–H groups in total. The number of hydrogen-bond donors (Lipinski definition) is 1. The summed E-state index contributed by atoms with van der Waals surface area (Å²) in [5.41, 5.74) is -0.557. The van der Waals surface area contributed by atoms with Crippen molar-refractivity contribution in [3.63, 3.8) is 0 Å².